The number of aliphatic hydroxyl groups is 1. The van der Waals surface area contributed by atoms with Crippen molar-refractivity contribution < 1.29 is 19.4 Å². The van der Waals surface area contributed by atoms with E-state index in [1.807, 2.05) is 42.5 Å². The molecule has 1 saturated heterocycles. The number of halogens is 1. The fourth-order valence-corrected chi connectivity index (χ4v) is 7.11. The van der Waals surface area contributed by atoms with E-state index in [1.54, 1.807) is 18.7 Å². The van der Waals surface area contributed by atoms with Gasteiger partial charge in [-0.25, -0.2) is 9.48 Å². The number of nitrogens with zero attached hydrogens (tertiary/aromatic N) is 3. The largest absolute Gasteiger partial charge is 0.448 e. The third kappa shape index (κ3) is 5.39. The van der Waals surface area contributed by atoms with Crippen LogP contribution in [0.25, 0.3) is 11.1 Å². The number of ether oxygens (including phenoxy) is 1. The number of hydrogen-bond donors (Lipinski definition) is 1. The van der Waals surface area contributed by atoms with Crippen LogP contribution in [-0.4, -0.2) is 51.5 Å². The first kappa shape index (κ1) is 28.6. The van der Waals surface area contributed by atoms with Crippen LogP contribution in [0.1, 0.15) is 70.8 Å². The van der Waals surface area contributed by atoms with E-state index < -0.39 is 5.41 Å². The number of hydrogen-bond acceptors (Lipinski definition) is 6. The van der Waals surface area contributed by atoms with Gasteiger partial charge in [-0.1, -0.05) is 60.1 Å². The molecule has 6 rings (SSSR count). The maximum absolute atomic E-state index is 13.5. The lowest BCUT2D eigenvalue weighted by atomic mass is 9.93. The molecule has 0 saturated carbocycles. The third-order valence-electron chi connectivity index (χ3n) is 8.39. The van der Waals surface area contributed by atoms with Crippen LogP contribution in [0.15, 0.2) is 66.7 Å². The van der Waals surface area contributed by atoms with Crippen molar-refractivity contribution in [1.82, 2.24) is 14.7 Å². The molecular formula is C33H34ClN3O4S. The minimum Gasteiger partial charge on any atom is -0.448 e. The zero-order valence-corrected chi connectivity index (χ0v) is 25.3. The first-order valence-corrected chi connectivity index (χ1v) is 15.6. The number of carbonyl (C=O) groups is 2. The summed E-state index contributed by atoms with van der Waals surface area (Å²) in [5.41, 5.74) is 5.14. The Bertz CT molecular complexity index is 1580. The van der Waals surface area contributed by atoms with Crippen molar-refractivity contribution in [1.29, 1.82) is 0 Å². The van der Waals surface area contributed by atoms with Gasteiger partial charge in [0.25, 0.3) is 5.91 Å². The molecule has 2 aromatic heterocycles. The van der Waals surface area contributed by atoms with Crippen LogP contribution in [0.3, 0.4) is 0 Å². The number of fused-ring (bicyclic) bond motifs is 3. The second-order valence-electron chi connectivity index (χ2n) is 11.7. The standard InChI is InChI=1S/C33H34ClN3O4S/c1-33(2,20-38)31(39)37-21(13-14-22-15-16-30(34)42-22)18-28(35-37)29-12-7-17-36(29)32(40)41-19-27-25-10-5-3-8-23(25)24-9-4-6-11-26(24)27/h3-6,8-11,15-16,18,27,29,38H,7,12-14,17,19-20H2,1-2H3. The number of thiophene rings is 1. The van der Waals surface area contributed by atoms with Crippen LogP contribution in [-0.2, 0) is 17.6 Å². The Morgan fingerprint density at radius 2 is 1.74 bits per heavy atom. The van der Waals surface area contributed by atoms with Gasteiger partial charge in [-0.05, 0) is 80.0 Å². The number of benzene rings is 2. The summed E-state index contributed by atoms with van der Waals surface area (Å²) in [6.45, 7) is 3.93. The highest BCUT2D eigenvalue weighted by Crippen LogP contribution is 2.45. The second kappa shape index (κ2) is 11.7. The summed E-state index contributed by atoms with van der Waals surface area (Å²) in [6.07, 6.45) is 2.47. The number of aromatic nitrogens is 2. The molecule has 2 aliphatic rings. The van der Waals surface area contributed by atoms with Gasteiger partial charge in [-0.15, -0.1) is 11.3 Å². The fourth-order valence-electron chi connectivity index (χ4n) is 6.02. The molecule has 4 aromatic rings. The Morgan fingerprint density at radius 1 is 1.05 bits per heavy atom. The number of amides is 1. The summed E-state index contributed by atoms with van der Waals surface area (Å²) in [6, 6.07) is 22.1. The Kier molecular flexibility index (Phi) is 7.96. The molecule has 0 bridgehead atoms. The van der Waals surface area contributed by atoms with Gasteiger partial charge >= 0.3 is 6.09 Å². The Balaban J connectivity index is 1.22. The van der Waals surface area contributed by atoms with Crippen LogP contribution in [0.2, 0.25) is 4.34 Å². The molecule has 1 atom stereocenters. The molecule has 3 heterocycles. The normalized spacial score (nSPS) is 16.5. The Labute approximate surface area is 254 Å². The molecule has 1 fully saturated rings. The van der Waals surface area contributed by atoms with Gasteiger partial charge in [0, 0.05) is 23.0 Å². The second-order valence-corrected chi connectivity index (χ2v) is 13.5. The van der Waals surface area contributed by atoms with E-state index in [0.29, 0.717) is 25.1 Å². The lowest BCUT2D eigenvalue weighted by Crippen LogP contribution is -2.35. The smallest absolute Gasteiger partial charge is 0.410 e. The lowest BCUT2D eigenvalue weighted by Gasteiger charge is -2.24. The molecule has 1 N–H and O–H groups in total. The highest BCUT2D eigenvalue weighted by molar-refractivity contribution is 7.16. The monoisotopic (exact) mass is 603 g/mol. The first-order chi connectivity index (χ1) is 20.3. The Hall–Kier alpha value is -3.46. The fraction of sp³-hybridized carbons (Fsp3) is 0.364. The van der Waals surface area contributed by atoms with E-state index in [9.17, 15) is 14.7 Å². The van der Waals surface area contributed by atoms with E-state index in [2.05, 4.69) is 24.3 Å². The van der Waals surface area contributed by atoms with Crippen molar-refractivity contribution in [2.75, 3.05) is 19.8 Å². The number of aliphatic hydroxyl groups excluding tert-OH is 1. The van der Waals surface area contributed by atoms with E-state index in [0.717, 1.165) is 27.7 Å². The van der Waals surface area contributed by atoms with E-state index in [-0.39, 0.29) is 37.2 Å². The van der Waals surface area contributed by atoms with Crippen LogP contribution in [0.4, 0.5) is 4.79 Å². The van der Waals surface area contributed by atoms with Crippen molar-refractivity contribution in [3.05, 3.63) is 98.5 Å². The van der Waals surface area contributed by atoms with Gasteiger partial charge in [-0.2, -0.15) is 5.10 Å². The third-order valence-corrected chi connectivity index (χ3v) is 9.68. The summed E-state index contributed by atoms with van der Waals surface area (Å²) in [4.78, 5) is 29.8. The average molecular weight is 604 g/mol. The van der Waals surface area contributed by atoms with Crippen molar-refractivity contribution in [2.45, 2.75) is 51.5 Å². The summed E-state index contributed by atoms with van der Waals surface area (Å²) in [5.74, 6) is -0.293. The number of rotatable bonds is 8. The maximum atomic E-state index is 13.5. The molecule has 7 nitrogen and oxygen atoms in total. The van der Waals surface area contributed by atoms with Crippen molar-refractivity contribution in [3.8, 4) is 11.1 Å². The number of aryl methyl sites for hydroxylation is 2. The van der Waals surface area contributed by atoms with Gasteiger partial charge in [0.05, 0.1) is 28.1 Å². The van der Waals surface area contributed by atoms with Gasteiger partial charge < -0.3 is 9.84 Å². The van der Waals surface area contributed by atoms with E-state index >= 15 is 0 Å². The molecule has 0 spiro atoms. The number of carbonyl (C=O) groups excluding carboxylic acids is 2. The van der Waals surface area contributed by atoms with Crippen LogP contribution >= 0.6 is 22.9 Å². The van der Waals surface area contributed by atoms with Crippen LogP contribution < -0.4 is 0 Å². The van der Waals surface area contributed by atoms with E-state index in [4.69, 9.17) is 21.4 Å². The quantitative estimate of drug-likeness (QED) is 0.232. The minimum atomic E-state index is -0.994. The van der Waals surface area contributed by atoms with Gasteiger partial charge in [0.2, 0.25) is 0 Å². The van der Waals surface area contributed by atoms with Crippen molar-refractivity contribution >= 4 is 34.9 Å². The first-order valence-electron chi connectivity index (χ1n) is 14.4. The predicted octanol–water partition coefficient (Wildman–Crippen LogP) is 7.13. The molecule has 2 aromatic carbocycles. The topological polar surface area (TPSA) is 84.7 Å². The molecule has 0 radical (unpaired) electrons. The Morgan fingerprint density at radius 3 is 2.38 bits per heavy atom. The molecule has 9 heteroatoms. The SMILES string of the molecule is CC(C)(CO)C(=O)n1nc(C2CCCN2C(=O)OCC2c3ccccc3-c3ccccc32)cc1CCc1ccc(Cl)s1. The van der Waals surface area contributed by atoms with Crippen molar-refractivity contribution in [3.63, 3.8) is 0 Å². The summed E-state index contributed by atoms with van der Waals surface area (Å²) < 4.78 is 8.13. The summed E-state index contributed by atoms with van der Waals surface area (Å²) in [7, 11) is 0. The molecule has 1 aliphatic heterocycles. The molecule has 218 valence electrons. The zero-order chi connectivity index (χ0) is 29.4. The lowest BCUT2D eigenvalue weighted by molar-refractivity contribution is 0.0607. The molecule has 1 unspecified atom stereocenters. The molecular weight excluding hydrogens is 570 g/mol. The highest BCUT2D eigenvalue weighted by atomic mass is 35.5. The highest BCUT2D eigenvalue weighted by Gasteiger charge is 2.37. The van der Waals surface area contributed by atoms with Gasteiger partial charge in [0.15, 0.2) is 0 Å². The average Bonchev–Trinajstić information content (AvgIpc) is 3.79. The predicted molar refractivity (Wildman–Crippen MR) is 164 cm³/mol. The minimum absolute atomic E-state index is 0.0164. The van der Waals surface area contributed by atoms with E-state index in [1.165, 1.54) is 38.3 Å². The van der Waals surface area contributed by atoms with Crippen molar-refractivity contribution in [2.24, 2.45) is 5.41 Å². The maximum Gasteiger partial charge on any atom is 0.410 e. The van der Waals surface area contributed by atoms with Crippen LogP contribution in [0, 0.1) is 5.41 Å². The van der Waals surface area contributed by atoms with Crippen LogP contribution in [0.5, 0.6) is 0 Å². The number of likely N-dealkylation sites (tertiary alicyclic amines) is 1. The van der Waals surface area contributed by atoms with Gasteiger partial charge in [-0.3, -0.25) is 9.69 Å². The zero-order valence-electron chi connectivity index (χ0n) is 23.8. The molecule has 1 amide bonds. The molecule has 42 heavy (non-hydrogen) atoms. The summed E-state index contributed by atoms with van der Waals surface area (Å²) in [5, 5.41) is 14.6. The molecule has 1 aliphatic carbocycles. The summed E-state index contributed by atoms with van der Waals surface area (Å²) >= 11 is 7.64. The van der Waals surface area contributed by atoms with Gasteiger partial charge in [0.1, 0.15) is 6.61 Å².